The number of guanidine groups is 2. The van der Waals surface area contributed by atoms with Gasteiger partial charge in [-0.05, 0) is 25.2 Å². The number of hydrogen-bond donors (Lipinski definition) is 3. The largest absolute Gasteiger partial charge is 0.370 e. The Morgan fingerprint density at radius 1 is 1.27 bits per heavy atom. The third-order valence-electron chi connectivity index (χ3n) is 2.90. The summed E-state index contributed by atoms with van der Waals surface area (Å²) in [7, 11) is 0. The van der Waals surface area contributed by atoms with Crippen molar-refractivity contribution in [2.45, 2.75) is 45.1 Å². The maximum absolute atomic E-state index is 5.62. The summed E-state index contributed by atoms with van der Waals surface area (Å²) in [5.41, 5.74) is 16.1. The van der Waals surface area contributed by atoms with E-state index in [0.29, 0.717) is 5.92 Å². The topological polar surface area (TPSA) is 103 Å². The van der Waals surface area contributed by atoms with Gasteiger partial charge >= 0.3 is 0 Å². The van der Waals surface area contributed by atoms with E-state index in [1.54, 1.807) is 0 Å². The molecule has 1 atom stereocenters. The van der Waals surface area contributed by atoms with Crippen LogP contribution in [0.5, 0.6) is 0 Å². The van der Waals surface area contributed by atoms with Crippen LogP contribution in [0.25, 0.3) is 0 Å². The van der Waals surface area contributed by atoms with E-state index in [0.717, 1.165) is 6.42 Å². The predicted octanol–water partition coefficient (Wildman–Crippen LogP) is 0.543. The highest BCUT2D eigenvalue weighted by Crippen LogP contribution is 2.30. The van der Waals surface area contributed by atoms with Gasteiger partial charge in [0.25, 0.3) is 0 Å². The Bertz CT molecular complexity index is 249. The molecule has 0 aliphatic heterocycles. The first kappa shape index (κ1) is 11.8. The Labute approximate surface area is 90.8 Å². The second-order valence-corrected chi connectivity index (χ2v) is 4.04. The van der Waals surface area contributed by atoms with Crippen molar-refractivity contribution >= 4 is 11.9 Å². The molecule has 0 radical (unpaired) electrons. The molecule has 1 aliphatic carbocycles. The first-order valence-electron chi connectivity index (χ1n) is 5.56. The molecule has 0 aromatic heterocycles. The van der Waals surface area contributed by atoms with Gasteiger partial charge in [0.1, 0.15) is 0 Å². The molecule has 86 valence electrons. The first-order chi connectivity index (χ1) is 7.13. The van der Waals surface area contributed by atoms with Crippen LogP contribution in [0.2, 0.25) is 0 Å². The molecule has 5 heteroatoms. The summed E-state index contributed by atoms with van der Waals surface area (Å²) in [6.07, 6.45) is 6.09. The van der Waals surface area contributed by atoms with E-state index in [1.807, 2.05) is 0 Å². The molecule has 6 N–H and O–H groups in total. The summed E-state index contributed by atoms with van der Waals surface area (Å²) in [5.74, 6) is 0.828. The summed E-state index contributed by atoms with van der Waals surface area (Å²) in [6.45, 7) is 2.12. The third kappa shape index (κ3) is 3.77. The van der Waals surface area contributed by atoms with Gasteiger partial charge in [-0.3, -0.25) is 0 Å². The summed E-state index contributed by atoms with van der Waals surface area (Å²) in [5, 5.41) is 0. The van der Waals surface area contributed by atoms with Crippen LogP contribution in [0.4, 0.5) is 0 Å². The Hall–Kier alpha value is -1.26. The molecule has 0 bridgehead atoms. The lowest BCUT2D eigenvalue weighted by Crippen LogP contribution is -2.28. The molecule has 1 aliphatic rings. The van der Waals surface area contributed by atoms with E-state index in [2.05, 4.69) is 16.9 Å². The average Bonchev–Trinajstić information content (AvgIpc) is 2.65. The van der Waals surface area contributed by atoms with Crippen LogP contribution < -0.4 is 17.2 Å². The SMILES string of the molecule is CCC(N=C(N)N=C(N)N)C1CCCC1. The highest BCUT2D eigenvalue weighted by molar-refractivity contribution is 5.92. The van der Waals surface area contributed by atoms with Gasteiger partial charge in [-0.1, -0.05) is 19.8 Å². The van der Waals surface area contributed by atoms with Gasteiger partial charge in [-0.15, -0.1) is 0 Å². The van der Waals surface area contributed by atoms with E-state index in [4.69, 9.17) is 17.2 Å². The van der Waals surface area contributed by atoms with Crippen molar-refractivity contribution in [1.29, 1.82) is 0 Å². The van der Waals surface area contributed by atoms with Gasteiger partial charge in [-0.25, -0.2) is 4.99 Å². The second kappa shape index (κ2) is 5.58. The molecule has 0 aromatic carbocycles. The lowest BCUT2D eigenvalue weighted by atomic mass is 9.97. The highest BCUT2D eigenvalue weighted by atomic mass is 15.1. The average molecular weight is 211 g/mol. The van der Waals surface area contributed by atoms with E-state index in [1.165, 1.54) is 25.7 Å². The van der Waals surface area contributed by atoms with Crippen molar-refractivity contribution in [3.05, 3.63) is 0 Å². The fourth-order valence-corrected chi connectivity index (χ4v) is 2.20. The quantitative estimate of drug-likeness (QED) is 0.469. The van der Waals surface area contributed by atoms with Crippen LogP contribution in [0, 0.1) is 5.92 Å². The molecule has 0 aromatic rings. The number of hydrogen-bond acceptors (Lipinski definition) is 1. The molecular formula is C10H21N5. The minimum Gasteiger partial charge on any atom is -0.370 e. The fraction of sp³-hybridized carbons (Fsp3) is 0.800. The normalized spacial score (nSPS) is 20.2. The van der Waals surface area contributed by atoms with Gasteiger partial charge < -0.3 is 17.2 Å². The smallest absolute Gasteiger partial charge is 0.218 e. The Balaban J connectivity index is 2.62. The molecule has 1 saturated carbocycles. The van der Waals surface area contributed by atoms with Crippen LogP contribution in [0.3, 0.4) is 0 Å². The zero-order chi connectivity index (χ0) is 11.3. The van der Waals surface area contributed by atoms with Gasteiger partial charge in [0.15, 0.2) is 5.96 Å². The number of aliphatic imine (C=N–C) groups is 2. The molecule has 0 heterocycles. The van der Waals surface area contributed by atoms with Crippen molar-refractivity contribution in [3.8, 4) is 0 Å². The molecule has 0 spiro atoms. The van der Waals surface area contributed by atoms with E-state index in [9.17, 15) is 0 Å². The zero-order valence-electron chi connectivity index (χ0n) is 9.32. The van der Waals surface area contributed by atoms with Crippen molar-refractivity contribution in [3.63, 3.8) is 0 Å². The Morgan fingerprint density at radius 3 is 2.33 bits per heavy atom. The number of rotatable bonds is 3. The van der Waals surface area contributed by atoms with Gasteiger partial charge in [0, 0.05) is 0 Å². The standard InChI is InChI=1S/C10H21N5/c1-2-8(7-5-3-4-6-7)14-10(13)15-9(11)12/h7-8H,2-6H2,1H3,(H6,11,12,13,14,15). The molecule has 1 rings (SSSR count). The van der Waals surface area contributed by atoms with Gasteiger partial charge in [0.2, 0.25) is 5.96 Å². The molecule has 0 amide bonds. The molecule has 0 saturated heterocycles. The molecule has 1 fully saturated rings. The molecule has 5 nitrogen and oxygen atoms in total. The highest BCUT2D eigenvalue weighted by Gasteiger charge is 2.23. The minimum atomic E-state index is -0.0301. The van der Waals surface area contributed by atoms with Crippen LogP contribution in [-0.4, -0.2) is 18.0 Å². The second-order valence-electron chi connectivity index (χ2n) is 4.04. The van der Waals surface area contributed by atoms with Crippen molar-refractivity contribution < 1.29 is 0 Å². The molecule has 1 unspecified atom stereocenters. The maximum Gasteiger partial charge on any atom is 0.218 e. The van der Waals surface area contributed by atoms with E-state index >= 15 is 0 Å². The molecular weight excluding hydrogens is 190 g/mol. The first-order valence-corrected chi connectivity index (χ1v) is 5.56. The number of nitrogens with two attached hydrogens (primary N) is 3. The van der Waals surface area contributed by atoms with Crippen LogP contribution in [0.1, 0.15) is 39.0 Å². The van der Waals surface area contributed by atoms with Crippen molar-refractivity contribution in [1.82, 2.24) is 0 Å². The lowest BCUT2D eigenvalue weighted by Gasteiger charge is -2.17. The fourth-order valence-electron chi connectivity index (χ4n) is 2.20. The monoisotopic (exact) mass is 211 g/mol. The summed E-state index contributed by atoms with van der Waals surface area (Å²) < 4.78 is 0. The van der Waals surface area contributed by atoms with Crippen molar-refractivity contribution in [2.24, 2.45) is 33.1 Å². The summed E-state index contributed by atoms with van der Waals surface area (Å²) in [4.78, 5) is 8.10. The minimum absolute atomic E-state index is 0.0301. The zero-order valence-corrected chi connectivity index (χ0v) is 9.32. The van der Waals surface area contributed by atoms with Crippen LogP contribution >= 0.6 is 0 Å². The maximum atomic E-state index is 5.62. The molecule has 15 heavy (non-hydrogen) atoms. The Morgan fingerprint density at radius 2 is 1.87 bits per heavy atom. The third-order valence-corrected chi connectivity index (χ3v) is 2.90. The van der Waals surface area contributed by atoms with Crippen LogP contribution in [-0.2, 0) is 0 Å². The van der Waals surface area contributed by atoms with E-state index < -0.39 is 0 Å². The predicted molar refractivity (Wildman–Crippen MR) is 63.5 cm³/mol. The lowest BCUT2D eigenvalue weighted by molar-refractivity contribution is 0.423. The van der Waals surface area contributed by atoms with Gasteiger partial charge in [-0.2, -0.15) is 4.99 Å². The van der Waals surface area contributed by atoms with Crippen LogP contribution in [0.15, 0.2) is 9.98 Å². The number of nitrogens with zero attached hydrogens (tertiary/aromatic N) is 2. The van der Waals surface area contributed by atoms with E-state index in [-0.39, 0.29) is 18.0 Å². The van der Waals surface area contributed by atoms with Gasteiger partial charge in [0.05, 0.1) is 6.04 Å². The van der Waals surface area contributed by atoms with Crippen molar-refractivity contribution in [2.75, 3.05) is 0 Å². The summed E-state index contributed by atoms with van der Waals surface area (Å²) >= 11 is 0. The summed E-state index contributed by atoms with van der Waals surface area (Å²) in [6, 6.07) is 0.274. The Kier molecular flexibility index (Phi) is 4.39.